The molecule has 0 radical (unpaired) electrons. The Balaban J connectivity index is 2.06. The summed E-state index contributed by atoms with van der Waals surface area (Å²) < 4.78 is 33.3. The van der Waals surface area contributed by atoms with Crippen LogP contribution in [0.3, 0.4) is 0 Å². The average Bonchev–Trinajstić information content (AvgIpc) is 3.04. The van der Waals surface area contributed by atoms with Gasteiger partial charge in [0.25, 0.3) is 0 Å². The Labute approximate surface area is 265 Å². The third-order valence-electron chi connectivity index (χ3n) is 7.24. The Morgan fingerprint density at radius 3 is 2.00 bits per heavy atom. The Kier molecular flexibility index (Phi) is 12.5. The molecule has 9 nitrogen and oxygen atoms in total. The van der Waals surface area contributed by atoms with E-state index in [0.717, 1.165) is 18.4 Å². The molecule has 0 amide bonds. The van der Waals surface area contributed by atoms with Gasteiger partial charge in [0, 0.05) is 28.3 Å². The molecule has 0 fully saturated rings. The molecule has 0 spiro atoms. The second-order valence-corrected chi connectivity index (χ2v) is 10.6. The van der Waals surface area contributed by atoms with Crippen molar-refractivity contribution in [2.75, 3.05) is 28.4 Å². The fourth-order valence-electron chi connectivity index (χ4n) is 4.74. The number of ketones is 1. The highest BCUT2D eigenvalue weighted by Crippen LogP contribution is 2.49. The van der Waals surface area contributed by atoms with Gasteiger partial charge in [-0.2, -0.15) is 0 Å². The minimum Gasteiger partial charge on any atom is -0.504 e. The van der Waals surface area contributed by atoms with E-state index in [9.17, 15) is 14.7 Å². The van der Waals surface area contributed by atoms with E-state index < -0.39 is 18.0 Å². The second kappa shape index (κ2) is 16.2. The number of rotatable bonds is 14. The lowest BCUT2D eigenvalue weighted by Crippen LogP contribution is -2.23. The molecule has 0 aromatic heterocycles. The van der Waals surface area contributed by atoms with Crippen LogP contribution in [-0.4, -0.2) is 45.5 Å². The number of phenolic OH excluding ortho intramolecular Hbond substituents is 1. The topological polar surface area (TPSA) is 110 Å². The Morgan fingerprint density at radius 2 is 1.44 bits per heavy atom. The lowest BCUT2D eigenvalue weighted by molar-refractivity contribution is 0.0451. The van der Waals surface area contributed by atoms with Crippen molar-refractivity contribution in [3.05, 3.63) is 94.1 Å². The van der Waals surface area contributed by atoms with Gasteiger partial charge in [0.15, 0.2) is 17.6 Å². The molecule has 3 aromatic rings. The van der Waals surface area contributed by atoms with Crippen LogP contribution in [0.5, 0.6) is 34.5 Å². The van der Waals surface area contributed by atoms with E-state index in [1.807, 2.05) is 13.0 Å². The predicted octanol–water partition coefficient (Wildman–Crippen LogP) is 8.11. The minimum atomic E-state index is -1.41. The number of hydrogen-bond donors (Lipinski definition) is 1. The largest absolute Gasteiger partial charge is 0.515 e. The van der Waals surface area contributed by atoms with Crippen LogP contribution in [0, 0.1) is 6.92 Å². The molecular weight excluding hydrogens is 576 g/mol. The van der Waals surface area contributed by atoms with Crippen molar-refractivity contribution in [2.45, 2.75) is 53.1 Å². The van der Waals surface area contributed by atoms with Crippen molar-refractivity contribution in [1.82, 2.24) is 0 Å². The quantitative estimate of drug-likeness (QED) is 0.0829. The molecule has 240 valence electrons. The van der Waals surface area contributed by atoms with E-state index in [4.69, 9.17) is 28.4 Å². The van der Waals surface area contributed by atoms with Crippen LogP contribution in [0.25, 0.3) is 0 Å². The summed E-state index contributed by atoms with van der Waals surface area (Å²) in [6, 6.07) is 13.3. The zero-order valence-corrected chi connectivity index (χ0v) is 27.2. The molecule has 0 bridgehead atoms. The highest BCUT2D eigenvalue weighted by Gasteiger charge is 2.31. The van der Waals surface area contributed by atoms with Crippen LogP contribution in [0.4, 0.5) is 4.79 Å². The van der Waals surface area contributed by atoms with Gasteiger partial charge in [-0.3, -0.25) is 4.79 Å². The summed E-state index contributed by atoms with van der Waals surface area (Å²) in [5, 5.41) is 10.9. The first-order valence-corrected chi connectivity index (χ1v) is 14.5. The highest BCUT2D eigenvalue weighted by atomic mass is 16.7. The maximum atomic E-state index is 13.7. The molecule has 45 heavy (non-hydrogen) atoms. The second-order valence-electron chi connectivity index (χ2n) is 10.6. The number of phenols is 1. The molecule has 1 N–H and O–H groups in total. The molecule has 1 atom stereocenters. The van der Waals surface area contributed by atoms with Crippen molar-refractivity contribution in [2.24, 2.45) is 0 Å². The Morgan fingerprint density at radius 1 is 0.822 bits per heavy atom. The summed E-state index contributed by atoms with van der Waals surface area (Å²) in [5.74, 6) is 0.212. The number of Topliss-reactive ketones (excluding diaryl/α,β-unsaturated/α-hetero) is 1. The lowest BCUT2D eigenvalue weighted by Gasteiger charge is -2.22. The van der Waals surface area contributed by atoms with Crippen LogP contribution < -0.4 is 23.7 Å². The number of carbonyl (C=O) groups is 2. The SMILES string of the molecule is COc1cc(OC)cc(C(OC(=O)Oc2c(C/C=C(\C)CCC=C(C)C)c(C)c(O)c(OC)c2OC)C(=O)c2ccccc2)c1. The van der Waals surface area contributed by atoms with E-state index >= 15 is 0 Å². The van der Waals surface area contributed by atoms with Gasteiger partial charge in [0.05, 0.1) is 28.4 Å². The van der Waals surface area contributed by atoms with E-state index in [-0.39, 0.29) is 23.0 Å². The highest BCUT2D eigenvalue weighted by molar-refractivity contribution is 6.01. The summed E-state index contributed by atoms with van der Waals surface area (Å²) >= 11 is 0. The molecule has 0 saturated carbocycles. The van der Waals surface area contributed by atoms with Crippen LogP contribution in [0.2, 0.25) is 0 Å². The van der Waals surface area contributed by atoms with Crippen LogP contribution in [0.1, 0.15) is 66.8 Å². The van der Waals surface area contributed by atoms with Gasteiger partial charge in [0.1, 0.15) is 11.5 Å². The van der Waals surface area contributed by atoms with Crippen molar-refractivity contribution >= 4 is 11.9 Å². The molecule has 0 heterocycles. The van der Waals surface area contributed by atoms with E-state index in [0.29, 0.717) is 40.2 Å². The Hall–Kier alpha value is -4.92. The van der Waals surface area contributed by atoms with Gasteiger partial charge in [-0.1, -0.05) is 53.6 Å². The summed E-state index contributed by atoms with van der Waals surface area (Å²) in [4.78, 5) is 27.3. The number of methoxy groups -OCH3 is 4. The normalized spacial score (nSPS) is 11.7. The standard InChI is InChI=1S/C36H42O9/c1-22(2)13-12-14-23(3)17-18-29-24(4)30(37)34(42-7)35(43-8)33(29)45-36(39)44-32(31(38)25-15-10-9-11-16-25)26-19-27(40-5)21-28(20-26)41-6/h9-11,13,15-17,19-21,32,37H,12,14,18H2,1-8H3/b23-17+. The predicted molar refractivity (Wildman–Crippen MR) is 172 cm³/mol. The third kappa shape index (κ3) is 8.81. The van der Waals surface area contributed by atoms with Gasteiger partial charge in [-0.25, -0.2) is 4.79 Å². The smallest absolute Gasteiger partial charge is 0.504 e. The Bertz CT molecular complexity index is 1530. The van der Waals surface area contributed by atoms with Crippen LogP contribution >= 0.6 is 0 Å². The molecular formula is C36H42O9. The summed E-state index contributed by atoms with van der Waals surface area (Å²) in [5.41, 5.74) is 3.95. The number of allylic oxidation sites excluding steroid dienone is 4. The van der Waals surface area contributed by atoms with E-state index in [1.54, 1.807) is 55.5 Å². The summed E-state index contributed by atoms with van der Waals surface area (Å²) in [6.07, 6.45) is 3.66. The number of carbonyl (C=O) groups excluding carboxylic acids is 2. The van der Waals surface area contributed by atoms with E-state index in [2.05, 4.69) is 19.9 Å². The van der Waals surface area contributed by atoms with E-state index in [1.165, 1.54) is 34.0 Å². The summed E-state index contributed by atoms with van der Waals surface area (Å²) in [7, 11) is 5.71. The fraction of sp³-hybridized carbons (Fsp3) is 0.333. The molecule has 3 aromatic carbocycles. The molecule has 1 unspecified atom stereocenters. The lowest BCUT2D eigenvalue weighted by atomic mass is 9.99. The van der Waals surface area contributed by atoms with Crippen molar-refractivity contribution in [3.63, 3.8) is 0 Å². The van der Waals surface area contributed by atoms with Crippen LogP contribution in [-0.2, 0) is 11.2 Å². The maximum absolute atomic E-state index is 13.7. The third-order valence-corrected chi connectivity index (χ3v) is 7.24. The number of benzene rings is 3. The van der Waals surface area contributed by atoms with Crippen molar-refractivity contribution < 1.29 is 43.1 Å². The first-order chi connectivity index (χ1) is 21.5. The maximum Gasteiger partial charge on any atom is 0.515 e. The minimum absolute atomic E-state index is 0.000235. The van der Waals surface area contributed by atoms with Gasteiger partial charge in [-0.15, -0.1) is 0 Å². The average molecular weight is 619 g/mol. The molecule has 0 aliphatic heterocycles. The number of ether oxygens (including phenoxy) is 6. The van der Waals surface area contributed by atoms with Gasteiger partial charge in [-0.05, 0) is 59.1 Å². The fourth-order valence-corrected chi connectivity index (χ4v) is 4.74. The number of hydrogen-bond acceptors (Lipinski definition) is 9. The molecule has 0 aliphatic rings. The van der Waals surface area contributed by atoms with Gasteiger partial charge in [0.2, 0.25) is 17.3 Å². The molecule has 9 heteroatoms. The monoisotopic (exact) mass is 618 g/mol. The molecule has 0 aliphatic carbocycles. The van der Waals surface area contributed by atoms with Crippen LogP contribution in [0.15, 0.2) is 71.8 Å². The van der Waals surface area contributed by atoms with Gasteiger partial charge < -0.3 is 33.5 Å². The zero-order chi connectivity index (χ0) is 33.1. The van der Waals surface area contributed by atoms with Crippen molar-refractivity contribution in [1.29, 1.82) is 0 Å². The first kappa shape index (κ1) is 34.6. The number of aromatic hydroxyl groups is 1. The summed E-state index contributed by atoms with van der Waals surface area (Å²) in [6.45, 7) is 7.83. The van der Waals surface area contributed by atoms with Crippen molar-refractivity contribution in [3.8, 4) is 34.5 Å². The first-order valence-electron chi connectivity index (χ1n) is 14.5. The molecule has 3 rings (SSSR count). The molecule has 0 saturated heterocycles. The zero-order valence-electron chi connectivity index (χ0n) is 27.2. The van der Waals surface area contributed by atoms with Gasteiger partial charge >= 0.3 is 6.16 Å².